The number of hydrogen-bond acceptors (Lipinski definition) is 4. The summed E-state index contributed by atoms with van der Waals surface area (Å²) in [7, 11) is 0. The molecule has 3 N–H and O–H groups in total. The number of para-hydroxylation sites is 1. The van der Waals surface area contributed by atoms with Crippen LogP contribution in [0.15, 0.2) is 54.9 Å². The molecule has 2 heterocycles. The average Bonchev–Trinajstić information content (AvgIpc) is 3.41. The maximum atomic E-state index is 11.7. The quantitative estimate of drug-likeness (QED) is 0.686. The van der Waals surface area contributed by atoms with Gasteiger partial charge in [-0.05, 0) is 37.1 Å². The molecule has 1 aromatic carbocycles. The minimum atomic E-state index is -0.182. The van der Waals surface area contributed by atoms with E-state index in [1.807, 2.05) is 42.5 Å². The number of urea groups is 1. The van der Waals surface area contributed by atoms with Crippen LogP contribution >= 0.6 is 0 Å². The van der Waals surface area contributed by atoms with Crippen molar-refractivity contribution in [2.75, 3.05) is 10.6 Å². The molecule has 0 bridgehead atoms. The SMILES string of the molecule is O=C(Nc1ccc(Nc2cccc3cccnc23)nc1)NC1CC1. The number of carbonyl (C=O) groups excluding carboxylic acids is 1. The van der Waals surface area contributed by atoms with Crippen molar-refractivity contribution in [1.29, 1.82) is 0 Å². The molecular formula is C18H17N5O. The molecule has 0 unspecified atom stereocenters. The Morgan fingerprint density at radius 3 is 2.71 bits per heavy atom. The van der Waals surface area contributed by atoms with Gasteiger partial charge < -0.3 is 16.0 Å². The topological polar surface area (TPSA) is 78.9 Å². The molecule has 24 heavy (non-hydrogen) atoms. The zero-order chi connectivity index (χ0) is 16.4. The summed E-state index contributed by atoms with van der Waals surface area (Å²) in [6.07, 6.45) is 5.53. The van der Waals surface area contributed by atoms with Gasteiger partial charge in [-0.3, -0.25) is 4.98 Å². The summed E-state index contributed by atoms with van der Waals surface area (Å²) >= 11 is 0. The van der Waals surface area contributed by atoms with Crippen molar-refractivity contribution in [3.05, 3.63) is 54.9 Å². The summed E-state index contributed by atoms with van der Waals surface area (Å²) in [4.78, 5) is 20.5. The Kier molecular flexibility index (Phi) is 3.70. The molecule has 6 nitrogen and oxygen atoms in total. The van der Waals surface area contributed by atoms with E-state index in [4.69, 9.17) is 0 Å². The number of carbonyl (C=O) groups is 1. The molecule has 1 aliphatic rings. The second-order valence-electron chi connectivity index (χ2n) is 5.81. The Balaban J connectivity index is 1.47. The van der Waals surface area contributed by atoms with Crippen LogP contribution in [-0.2, 0) is 0 Å². The summed E-state index contributed by atoms with van der Waals surface area (Å²) in [5.41, 5.74) is 2.45. The van der Waals surface area contributed by atoms with Gasteiger partial charge in [-0.1, -0.05) is 18.2 Å². The Labute approximate surface area is 139 Å². The predicted octanol–water partition coefficient (Wildman–Crippen LogP) is 3.66. The fourth-order valence-corrected chi connectivity index (χ4v) is 2.47. The summed E-state index contributed by atoms with van der Waals surface area (Å²) in [6.45, 7) is 0. The van der Waals surface area contributed by atoms with Crippen molar-refractivity contribution in [3.8, 4) is 0 Å². The van der Waals surface area contributed by atoms with E-state index in [0.29, 0.717) is 17.5 Å². The Morgan fingerprint density at radius 2 is 1.92 bits per heavy atom. The van der Waals surface area contributed by atoms with Crippen LogP contribution in [0.25, 0.3) is 10.9 Å². The predicted molar refractivity (Wildman–Crippen MR) is 94.4 cm³/mol. The molecule has 0 aliphatic heterocycles. The number of pyridine rings is 2. The van der Waals surface area contributed by atoms with Gasteiger partial charge >= 0.3 is 6.03 Å². The van der Waals surface area contributed by atoms with Crippen LogP contribution in [0, 0.1) is 0 Å². The van der Waals surface area contributed by atoms with Crippen molar-refractivity contribution in [1.82, 2.24) is 15.3 Å². The van der Waals surface area contributed by atoms with E-state index < -0.39 is 0 Å². The minimum Gasteiger partial charge on any atom is -0.338 e. The van der Waals surface area contributed by atoms with E-state index in [1.54, 1.807) is 12.4 Å². The van der Waals surface area contributed by atoms with Gasteiger partial charge in [0, 0.05) is 17.6 Å². The molecule has 0 atom stereocenters. The first kappa shape index (κ1) is 14.4. The van der Waals surface area contributed by atoms with Crippen LogP contribution in [0.4, 0.5) is 22.0 Å². The van der Waals surface area contributed by atoms with Crippen LogP contribution in [0.2, 0.25) is 0 Å². The molecule has 2 amide bonds. The highest BCUT2D eigenvalue weighted by atomic mass is 16.2. The second-order valence-corrected chi connectivity index (χ2v) is 5.81. The van der Waals surface area contributed by atoms with E-state index in [9.17, 15) is 4.79 Å². The number of anilines is 3. The molecule has 3 aromatic rings. The van der Waals surface area contributed by atoms with Crippen LogP contribution < -0.4 is 16.0 Å². The third kappa shape index (κ3) is 3.27. The second kappa shape index (κ2) is 6.16. The number of amides is 2. The van der Waals surface area contributed by atoms with Gasteiger partial charge in [-0.25, -0.2) is 9.78 Å². The van der Waals surface area contributed by atoms with E-state index in [1.165, 1.54) is 0 Å². The fraction of sp³-hybridized carbons (Fsp3) is 0.167. The van der Waals surface area contributed by atoms with Crippen molar-refractivity contribution >= 4 is 34.1 Å². The zero-order valence-corrected chi connectivity index (χ0v) is 13.0. The van der Waals surface area contributed by atoms with Crippen molar-refractivity contribution in [2.24, 2.45) is 0 Å². The number of nitrogens with zero attached hydrogens (tertiary/aromatic N) is 2. The average molecular weight is 319 g/mol. The first-order chi connectivity index (χ1) is 11.8. The molecule has 4 rings (SSSR count). The number of aromatic nitrogens is 2. The lowest BCUT2D eigenvalue weighted by molar-refractivity contribution is 0.251. The van der Waals surface area contributed by atoms with Crippen LogP contribution in [-0.4, -0.2) is 22.0 Å². The number of rotatable bonds is 4. The minimum absolute atomic E-state index is 0.182. The van der Waals surface area contributed by atoms with Crippen molar-refractivity contribution in [3.63, 3.8) is 0 Å². The highest BCUT2D eigenvalue weighted by molar-refractivity contribution is 5.92. The van der Waals surface area contributed by atoms with E-state index in [2.05, 4.69) is 25.9 Å². The van der Waals surface area contributed by atoms with E-state index in [-0.39, 0.29) is 6.03 Å². The largest absolute Gasteiger partial charge is 0.338 e. The molecule has 0 spiro atoms. The molecular weight excluding hydrogens is 302 g/mol. The summed E-state index contributed by atoms with van der Waals surface area (Å²) in [6, 6.07) is 13.7. The smallest absolute Gasteiger partial charge is 0.319 e. The lowest BCUT2D eigenvalue weighted by Gasteiger charge is -2.10. The maximum Gasteiger partial charge on any atom is 0.319 e. The lowest BCUT2D eigenvalue weighted by atomic mass is 10.2. The molecule has 6 heteroatoms. The first-order valence-electron chi connectivity index (χ1n) is 7.92. The van der Waals surface area contributed by atoms with Gasteiger partial charge in [0.25, 0.3) is 0 Å². The van der Waals surface area contributed by atoms with Gasteiger partial charge in [-0.15, -0.1) is 0 Å². The molecule has 1 saturated carbocycles. The highest BCUT2D eigenvalue weighted by Gasteiger charge is 2.23. The Morgan fingerprint density at radius 1 is 1.04 bits per heavy atom. The lowest BCUT2D eigenvalue weighted by Crippen LogP contribution is -2.30. The third-order valence-electron chi connectivity index (χ3n) is 3.83. The van der Waals surface area contributed by atoms with Crippen LogP contribution in [0.5, 0.6) is 0 Å². The first-order valence-corrected chi connectivity index (χ1v) is 7.92. The zero-order valence-electron chi connectivity index (χ0n) is 13.0. The van der Waals surface area contributed by atoms with Gasteiger partial charge in [0.1, 0.15) is 5.82 Å². The molecule has 0 saturated heterocycles. The Bertz CT molecular complexity index is 869. The van der Waals surface area contributed by atoms with E-state index >= 15 is 0 Å². The Hall–Kier alpha value is -3.15. The summed E-state index contributed by atoms with van der Waals surface area (Å²) in [5.74, 6) is 0.696. The standard InChI is InChI=1S/C18H17N5O/c24-18(21-13-6-7-13)22-14-8-9-16(20-11-14)23-15-5-1-3-12-4-2-10-19-17(12)15/h1-5,8-11,13H,6-7H2,(H,20,23)(H2,21,22,24). The normalized spacial score (nSPS) is 13.5. The van der Waals surface area contributed by atoms with E-state index in [0.717, 1.165) is 29.4 Å². The van der Waals surface area contributed by atoms with Gasteiger partial charge in [0.2, 0.25) is 0 Å². The van der Waals surface area contributed by atoms with Gasteiger partial charge in [0.15, 0.2) is 0 Å². The maximum absolute atomic E-state index is 11.7. The number of benzene rings is 1. The molecule has 1 fully saturated rings. The molecule has 1 aliphatic carbocycles. The third-order valence-corrected chi connectivity index (χ3v) is 3.83. The van der Waals surface area contributed by atoms with Crippen molar-refractivity contribution < 1.29 is 4.79 Å². The summed E-state index contributed by atoms with van der Waals surface area (Å²) < 4.78 is 0. The monoisotopic (exact) mass is 319 g/mol. The molecule has 0 radical (unpaired) electrons. The van der Waals surface area contributed by atoms with Gasteiger partial charge in [0.05, 0.1) is 23.1 Å². The van der Waals surface area contributed by atoms with Crippen molar-refractivity contribution in [2.45, 2.75) is 18.9 Å². The number of hydrogen-bond donors (Lipinski definition) is 3. The van der Waals surface area contributed by atoms with Crippen LogP contribution in [0.1, 0.15) is 12.8 Å². The fourth-order valence-electron chi connectivity index (χ4n) is 2.47. The summed E-state index contributed by atoms with van der Waals surface area (Å²) in [5, 5.41) is 9.99. The molecule has 2 aromatic heterocycles. The van der Waals surface area contributed by atoms with Crippen LogP contribution in [0.3, 0.4) is 0 Å². The number of nitrogens with one attached hydrogen (secondary N) is 3. The highest BCUT2D eigenvalue weighted by Crippen LogP contribution is 2.24. The molecule has 120 valence electrons. The number of fused-ring (bicyclic) bond motifs is 1. The van der Waals surface area contributed by atoms with Gasteiger partial charge in [-0.2, -0.15) is 0 Å².